The van der Waals surface area contributed by atoms with Crippen LogP contribution in [0.25, 0.3) is 11.0 Å². The van der Waals surface area contributed by atoms with Gasteiger partial charge in [-0.25, -0.2) is 9.37 Å². The molecule has 1 atom stereocenters. The highest BCUT2D eigenvalue weighted by Crippen LogP contribution is 2.17. The van der Waals surface area contributed by atoms with E-state index in [0.29, 0.717) is 16.6 Å². The van der Waals surface area contributed by atoms with Crippen LogP contribution in [0.1, 0.15) is 11.7 Å². The lowest BCUT2D eigenvalue weighted by atomic mass is 10.1. The highest BCUT2D eigenvalue weighted by molar-refractivity contribution is 5.74. The molecule has 106 valence electrons. The first-order chi connectivity index (χ1) is 10.1. The van der Waals surface area contributed by atoms with Gasteiger partial charge in [0.15, 0.2) is 0 Å². The summed E-state index contributed by atoms with van der Waals surface area (Å²) >= 11 is 0. The monoisotopic (exact) mass is 284 g/mol. The second-order valence-electron chi connectivity index (χ2n) is 4.76. The number of hydrogen-bond acceptors (Lipinski definition) is 3. The van der Waals surface area contributed by atoms with Crippen LogP contribution >= 0.6 is 0 Å². The van der Waals surface area contributed by atoms with Gasteiger partial charge in [0.25, 0.3) is 5.56 Å². The van der Waals surface area contributed by atoms with Gasteiger partial charge >= 0.3 is 0 Å². The number of aliphatic hydroxyl groups is 1. The largest absolute Gasteiger partial charge is 0.387 e. The molecule has 0 saturated heterocycles. The molecule has 0 amide bonds. The number of fused-ring (bicyclic) bond motifs is 1. The molecule has 0 aliphatic heterocycles. The highest BCUT2D eigenvalue weighted by atomic mass is 19.1. The first-order valence-corrected chi connectivity index (χ1v) is 6.53. The molecule has 3 aromatic rings. The first kappa shape index (κ1) is 13.5. The van der Waals surface area contributed by atoms with E-state index in [2.05, 4.69) is 4.98 Å². The maximum atomic E-state index is 12.9. The molecule has 0 fully saturated rings. The zero-order chi connectivity index (χ0) is 14.8. The summed E-state index contributed by atoms with van der Waals surface area (Å²) in [4.78, 5) is 16.1. The molecule has 5 heteroatoms. The summed E-state index contributed by atoms with van der Waals surface area (Å²) < 4.78 is 14.4. The van der Waals surface area contributed by atoms with E-state index in [-0.39, 0.29) is 17.9 Å². The van der Waals surface area contributed by atoms with Crippen LogP contribution in [0.4, 0.5) is 4.39 Å². The van der Waals surface area contributed by atoms with Gasteiger partial charge in [-0.15, -0.1) is 0 Å². The SMILES string of the molecule is O=c1cnc2ccccc2n1CC(O)c1ccc(F)cc1. The molecular weight excluding hydrogens is 271 g/mol. The van der Waals surface area contributed by atoms with Gasteiger partial charge < -0.3 is 9.67 Å². The van der Waals surface area contributed by atoms with E-state index in [0.717, 1.165) is 0 Å². The molecule has 0 aliphatic rings. The fraction of sp³-hybridized carbons (Fsp3) is 0.125. The Labute approximate surface area is 120 Å². The number of nitrogens with zero attached hydrogens (tertiary/aromatic N) is 2. The van der Waals surface area contributed by atoms with Crippen molar-refractivity contribution in [1.29, 1.82) is 0 Å². The van der Waals surface area contributed by atoms with E-state index < -0.39 is 6.10 Å². The van der Waals surface area contributed by atoms with Gasteiger partial charge in [-0.3, -0.25) is 4.79 Å². The topological polar surface area (TPSA) is 55.1 Å². The third kappa shape index (κ3) is 2.68. The molecular formula is C16H13FN2O2. The summed E-state index contributed by atoms with van der Waals surface area (Å²) in [6, 6.07) is 12.8. The maximum absolute atomic E-state index is 12.9. The van der Waals surface area contributed by atoms with Crippen LogP contribution in [0.15, 0.2) is 59.5 Å². The maximum Gasteiger partial charge on any atom is 0.269 e. The van der Waals surface area contributed by atoms with Crippen molar-refractivity contribution in [3.8, 4) is 0 Å². The highest BCUT2D eigenvalue weighted by Gasteiger charge is 2.12. The Morgan fingerprint density at radius 1 is 1.14 bits per heavy atom. The molecule has 0 aliphatic carbocycles. The third-order valence-corrected chi connectivity index (χ3v) is 3.36. The summed E-state index contributed by atoms with van der Waals surface area (Å²) in [5, 5.41) is 10.2. The average Bonchev–Trinajstić information content (AvgIpc) is 2.51. The molecule has 2 aromatic carbocycles. The number of halogens is 1. The quantitative estimate of drug-likeness (QED) is 0.802. The minimum Gasteiger partial charge on any atom is -0.387 e. The van der Waals surface area contributed by atoms with Crippen LogP contribution < -0.4 is 5.56 Å². The summed E-state index contributed by atoms with van der Waals surface area (Å²) in [5.41, 5.74) is 1.62. The number of hydrogen-bond donors (Lipinski definition) is 1. The minimum atomic E-state index is -0.894. The van der Waals surface area contributed by atoms with Crippen molar-refractivity contribution < 1.29 is 9.50 Å². The fourth-order valence-corrected chi connectivity index (χ4v) is 2.27. The van der Waals surface area contributed by atoms with Gasteiger partial charge in [0.05, 0.1) is 29.9 Å². The van der Waals surface area contributed by atoms with E-state index in [1.165, 1.54) is 35.0 Å². The predicted molar refractivity (Wildman–Crippen MR) is 77.4 cm³/mol. The van der Waals surface area contributed by atoms with Crippen LogP contribution in [0.2, 0.25) is 0 Å². The van der Waals surface area contributed by atoms with Crippen LogP contribution in [0.5, 0.6) is 0 Å². The van der Waals surface area contributed by atoms with Gasteiger partial charge in [-0.1, -0.05) is 24.3 Å². The third-order valence-electron chi connectivity index (χ3n) is 3.36. The van der Waals surface area contributed by atoms with E-state index >= 15 is 0 Å². The van der Waals surface area contributed by atoms with Crippen molar-refractivity contribution in [1.82, 2.24) is 9.55 Å². The number of rotatable bonds is 3. The fourth-order valence-electron chi connectivity index (χ4n) is 2.27. The Hall–Kier alpha value is -2.53. The van der Waals surface area contributed by atoms with Crippen LogP contribution in [-0.4, -0.2) is 14.7 Å². The predicted octanol–water partition coefficient (Wildman–Crippen LogP) is 2.27. The lowest BCUT2D eigenvalue weighted by Gasteiger charge is -2.15. The Morgan fingerprint density at radius 2 is 1.86 bits per heavy atom. The Balaban J connectivity index is 1.99. The van der Waals surface area contributed by atoms with Crippen molar-refractivity contribution in [2.24, 2.45) is 0 Å². The van der Waals surface area contributed by atoms with Crippen molar-refractivity contribution in [2.75, 3.05) is 0 Å². The van der Waals surface area contributed by atoms with Crippen LogP contribution in [0, 0.1) is 5.82 Å². The van der Waals surface area contributed by atoms with Gasteiger partial charge in [0.1, 0.15) is 5.82 Å². The summed E-state index contributed by atoms with van der Waals surface area (Å²) in [7, 11) is 0. The van der Waals surface area contributed by atoms with Gasteiger partial charge in [0.2, 0.25) is 0 Å². The van der Waals surface area contributed by atoms with Crippen molar-refractivity contribution in [2.45, 2.75) is 12.6 Å². The number of para-hydroxylation sites is 2. The number of aliphatic hydroxyl groups excluding tert-OH is 1. The normalized spacial score (nSPS) is 12.5. The second-order valence-corrected chi connectivity index (χ2v) is 4.76. The van der Waals surface area contributed by atoms with E-state index in [1.807, 2.05) is 12.1 Å². The van der Waals surface area contributed by atoms with Crippen molar-refractivity contribution >= 4 is 11.0 Å². The Morgan fingerprint density at radius 3 is 2.62 bits per heavy atom. The minimum absolute atomic E-state index is 0.0908. The van der Waals surface area contributed by atoms with Gasteiger partial charge in [-0.05, 0) is 29.8 Å². The second kappa shape index (κ2) is 5.46. The Bertz CT molecular complexity index is 828. The lowest BCUT2D eigenvalue weighted by Crippen LogP contribution is -2.23. The van der Waals surface area contributed by atoms with Crippen molar-refractivity contribution in [3.63, 3.8) is 0 Å². The van der Waals surface area contributed by atoms with Gasteiger partial charge in [-0.2, -0.15) is 0 Å². The molecule has 1 N–H and O–H groups in total. The summed E-state index contributed by atoms with van der Waals surface area (Å²) in [6.07, 6.45) is 0.341. The van der Waals surface area contributed by atoms with Crippen molar-refractivity contribution in [3.05, 3.63) is 76.5 Å². The lowest BCUT2D eigenvalue weighted by molar-refractivity contribution is 0.156. The molecule has 1 aromatic heterocycles. The van der Waals surface area contributed by atoms with Crippen LogP contribution in [-0.2, 0) is 6.54 Å². The zero-order valence-corrected chi connectivity index (χ0v) is 11.1. The molecule has 4 nitrogen and oxygen atoms in total. The van der Waals surface area contributed by atoms with Crippen LogP contribution in [0.3, 0.4) is 0 Å². The zero-order valence-electron chi connectivity index (χ0n) is 11.1. The number of aromatic nitrogens is 2. The summed E-state index contributed by atoms with van der Waals surface area (Å²) in [6.45, 7) is 0.0908. The molecule has 0 bridgehead atoms. The van der Waals surface area contributed by atoms with E-state index in [4.69, 9.17) is 0 Å². The molecule has 0 radical (unpaired) electrons. The van der Waals surface area contributed by atoms with Gasteiger partial charge in [0, 0.05) is 0 Å². The van der Waals surface area contributed by atoms with E-state index in [1.54, 1.807) is 12.1 Å². The smallest absolute Gasteiger partial charge is 0.269 e. The molecule has 3 rings (SSSR count). The summed E-state index contributed by atoms with van der Waals surface area (Å²) in [5.74, 6) is -0.363. The molecule has 1 heterocycles. The standard InChI is InChI=1S/C16H13FN2O2/c17-12-7-5-11(6-8-12)15(20)10-19-14-4-2-1-3-13(14)18-9-16(19)21/h1-9,15,20H,10H2. The Kier molecular flexibility index (Phi) is 3.50. The molecule has 0 saturated carbocycles. The molecule has 1 unspecified atom stereocenters. The molecule has 0 spiro atoms. The molecule has 21 heavy (non-hydrogen) atoms. The average molecular weight is 284 g/mol. The van der Waals surface area contributed by atoms with E-state index in [9.17, 15) is 14.3 Å². The first-order valence-electron chi connectivity index (χ1n) is 6.53. The number of benzene rings is 2.